The van der Waals surface area contributed by atoms with Gasteiger partial charge in [-0.1, -0.05) is 6.20 Å². The van der Waals surface area contributed by atoms with Crippen LogP contribution in [0, 0.1) is 6.20 Å². The van der Waals surface area contributed by atoms with E-state index < -0.39 is 0 Å². The van der Waals surface area contributed by atoms with Crippen molar-refractivity contribution in [2.24, 2.45) is 0 Å². The van der Waals surface area contributed by atoms with Gasteiger partial charge in [-0.15, -0.1) is 6.20 Å². The molecule has 0 aliphatic carbocycles. The molecule has 0 atom stereocenters. The fourth-order valence-electron chi connectivity index (χ4n) is 0.240. The summed E-state index contributed by atoms with van der Waals surface area (Å²) in [6.07, 6.45) is 4.05. The van der Waals surface area contributed by atoms with E-state index >= 15 is 0 Å². The van der Waals surface area contributed by atoms with Gasteiger partial charge in [0.25, 0.3) is 0 Å². The fraction of sp³-hybridized carbons (Fsp3) is 0. The van der Waals surface area contributed by atoms with Crippen LogP contribution in [0.1, 0.15) is 0 Å². The van der Waals surface area contributed by atoms with Crippen molar-refractivity contribution in [1.82, 2.24) is 9.97 Å². The molecule has 3 nitrogen and oxygen atoms in total. The minimum Gasteiger partial charge on any atom is -0.446 e. The topological polar surface area (TPSA) is 54.7 Å². The van der Waals surface area contributed by atoms with Gasteiger partial charge in [-0.05, 0) is 0 Å². The zero-order valence-corrected chi connectivity index (χ0v) is 6.20. The maximum Gasteiger partial charge on any atom is 0.0372 e. The second-order valence-corrected chi connectivity index (χ2v) is 0.915. The molecule has 0 aromatic carbocycles. The van der Waals surface area contributed by atoms with Crippen molar-refractivity contribution >= 4 is 5.95 Å². The van der Waals surface area contributed by atoms with Gasteiger partial charge in [-0.3, -0.25) is 0 Å². The molecule has 0 fully saturated rings. The van der Waals surface area contributed by atoms with E-state index in [0.717, 1.165) is 0 Å². The molecule has 3 N–H and O–H groups in total. The van der Waals surface area contributed by atoms with Crippen LogP contribution < -0.4 is 5.73 Å². The number of nitrogens with zero attached hydrogens (tertiary/aromatic N) is 1. The first-order chi connectivity index (χ1) is 2.89. The number of hydrogen-bond donors (Lipinski definition) is 2. The summed E-state index contributed by atoms with van der Waals surface area (Å²) < 4.78 is 0. The van der Waals surface area contributed by atoms with Crippen LogP contribution in [0.4, 0.5) is 5.95 Å². The van der Waals surface area contributed by atoms with E-state index in [0.29, 0.717) is 5.95 Å². The molecule has 1 rings (SSSR count). The maximum atomic E-state index is 5.08. The second-order valence-electron chi connectivity index (χ2n) is 0.915. The van der Waals surface area contributed by atoms with E-state index in [4.69, 9.17) is 5.73 Å². The number of aromatic nitrogens is 2. The van der Waals surface area contributed by atoms with Gasteiger partial charge >= 0.3 is 0 Å². The molecular weight excluding hydrogens is 264 g/mol. The van der Waals surface area contributed by atoms with Crippen LogP contribution in [0.3, 0.4) is 0 Å². The van der Waals surface area contributed by atoms with Crippen molar-refractivity contribution in [1.29, 1.82) is 0 Å². The Morgan fingerprint density at radius 2 is 2.57 bits per heavy atom. The average Bonchev–Trinajstić information content (AvgIpc) is 1.86. The Bertz CT molecular complexity index is 114. The third-order valence-corrected chi connectivity index (χ3v) is 0.470. The Morgan fingerprint density at radius 3 is 2.71 bits per heavy atom. The van der Waals surface area contributed by atoms with E-state index in [1.807, 2.05) is 0 Å². The molecular formula is C3H4N3Re-. The molecule has 0 spiro atoms. The largest absolute Gasteiger partial charge is 0.446 e. The summed E-state index contributed by atoms with van der Waals surface area (Å²) in [4.78, 5) is 6.12. The van der Waals surface area contributed by atoms with Crippen molar-refractivity contribution in [3.8, 4) is 0 Å². The summed E-state index contributed by atoms with van der Waals surface area (Å²) in [7, 11) is 0. The van der Waals surface area contributed by atoms with E-state index in [-0.39, 0.29) is 20.4 Å². The van der Waals surface area contributed by atoms with Crippen molar-refractivity contribution in [3.63, 3.8) is 0 Å². The van der Waals surface area contributed by atoms with Gasteiger partial charge in [0.2, 0.25) is 0 Å². The Morgan fingerprint density at radius 1 is 1.86 bits per heavy atom. The standard InChI is InChI=1S/C3H4N3.Re/c4-3-5-1-2-6-3;/h1H,(H3,4,5,6);/q-1;. The van der Waals surface area contributed by atoms with Crippen LogP contribution in [0.2, 0.25) is 0 Å². The summed E-state index contributed by atoms with van der Waals surface area (Å²) in [5.74, 6) is 0.412. The quantitative estimate of drug-likeness (QED) is 0.640. The minimum absolute atomic E-state index is 0. The van der Waals surface area contributed by atoms with E-state index in [1.54, 1.807) is 6.20 Å². The minimum atomic E-state index is 0. The molecule has 0 amide bonds. The van der Waals surface area contributed by atoms with Gasteiger partial charge in [0, 0.05) is 26.4 Å². The summed E-state index contributed by atoms with van der Waals surface area (Å²) in [6, 6.07) is 0. The first-order valence-corrected chi connectivity index (χ1v) is 1.56. The zero-order chi connectivity index (χ0) is 4.41. The number of nitrogen functional groups attached to an aromatic ring is 1. The number of rotatable bonds is 0. The molecule has 1 aromatic rings. The van der Waals surface area contributed by atoms with Crippen molar-refractivity contribution < 1.29 is 20.4 Å². The zero-order valence-electron chi connectivity index (χ0n) is 3.48. The number of H-pyrrole nitrogens is 1. The fourth-order valence-corrected chi connectivity index (χ4v) is 0.240. The van der Waals surface area contributed by atoms with Gasteiger partial charge < -0.3 is 15.7 Å². The van der Waals surface area contributed by atoms with Gasteiger partial charge in [0.15, 0.2) is 0 Å². The molecule has 0 aliphatic rings. The summed E-state index contributed by atoms with van der Waals surface area (Å²) in [5.41, 5.74) is 5.08. The van der Waals surface area contributed by atoms with Gasteiger partial charge in [-0.2, -0.15) is 0 Å². The number of nitrogens with one attached hydrogen (secondary N) is 1. The molecule has 1 radical (unpaired) electrons. The van der Waals surface area contributed by atoms with Gasteiger partial charge in [-0.25, -0.2) is 0 Å². The Kier molecular flexibility index (Phi) is 2.65. The predicted octanol–water partition coefficient (Wildman–Crippen LogP) is -0.210. The van der Waals surface area contributed by atoms with Gasteiger partial charge in [0.1, 0.15) is 0 Å². The monoisotopic (exact) mass is 269 g/mol. The normalized spacial score (nSPS) is 7.43. The summed E-state index contributed by atoms with van der Waals surface area (Å²) in [6.45, 7) is 0. The molecule has 0 saturated heterocycles. The number of hydrogen-bond acceptors (Lipinski definition) is 2. The predicted molar refractivity (Wildman–Crippen MR) is 21.8 cm³/mol. The Labute approximate surface area is 55.0 Å². The number of nitrogens with two attached hydrogens (primary N) is 1. The van der Waals surface area contributed by atoms with Crippen LogP contribution in [0.25, 0.3) is 0 Å². The first kappa shape index (κ1) is 6.67. The summed E-state index contributed by atoms with van der Waals surface area (Å²) >= 11 is 0. The maximum absolute atomic E-state index is 5.08. The second kappa shape index (κ2) is 2.78. The molecule has 39 valence electrons. The molecule has 0 bridgehead atoms. The number of aromatic amines is 1. The SMILES string of the molecule is Nc1n[c-]c[nH]1.[Re]. The smallest absolute Gasteiger partial charge is 0.0372 e. The van der Waals surface area contributed by atoms with Crippen molar-refractivity contribution in [2.45, 2.75) is 0 Å². The van der Waals surface area contributed by atoms with Crippen LogP contribution in [0.15, 0.2) is 6.20 Å². The van der Waals surface area contributed by atoms with E-state index in [1.165, 1.54) is 0 Å². The van der Waals surface area contributed by atoms with Crippen LogP contribution in [-0.4, -0.2) is 9.97 Å². The van der Waals surface area contributed by atoms with Gasteiger partial charge in [0.05, 0.1) is 0 Å². The van der Waals surface area contributed by atoms with Crippen molar-refractivity contribution in [3.05, 3.63) is 12.4 Å². The first-order valence-electron chi connectivity index (χ1n) is 1.56. The Balaban J connectivity index is 0.000000360. The molecule has 0 saturated carbocycles. The van der Waals surface area contributed by atoms with Crippen LogP contribution in [0.5, 0.6) is 0 Å². The third-order valence-electron chi connectivity index (χ3n) is 0.470. The number of anilines is 1. The third kappa shape index (κ3) is 1.72. The van der Waals surface area contributed by atoms with Crippen molar-refractivity contribution in [2.75, 3.05) is 5.73 Å². The molecule has 1 aromatic heterocycles. The molecule has 0 unspecified atom stereocenters. The van der Waals surface area contributed by atoms with E-state index in [9.17, 15) is 0 Å². The molecule has 7 heavy (non-hydrogen) atoms. The summed E-state index contributed by atoms with van der Waals surface area (Å²) in [5, 5.41) is 0. The molecule has 4 heteroatoms. The average molecular weight is 268 g/mol. The van der Waals surface area contributed by atoms with Crippen LogP contribution in [-0.2, 0) is 20.4 Å². The Hall–Kier alpha value is -0.328. The molecule has 0 aliphatic heterocycles. The number of imidazole rings is 1. The van der Waals surface area contributed by atoms with Crippen LogP contribution >= 0.6 is 0 Å². The van der Waals surface area contributed by atoms with E-state index in [2.05, 4.69) is 16.2 Å². The molecule has 1 heterocycles.